The van der Waals surface area contributed by atoms with Gasteiger partial charge in [0.05, 0.1) is 10.6 Å². The van der Waals surface area contributed by atoms with E-state index in [-0.39, 0.29) is 12.5 Å². The van der Waals surface area contributed by atoms with Gasteiger partial charge in [-0.25, -0.2) is 0 Å². The molecule has 1 aromatic carbocycles. The first kappa shape index (κ1) is 17.2. The third kappa shape index (κ3) is 3.60. The lowest BCUT2D eigenvalue weighted by Gasteiger charge is -2.24. The third-order valence-electron chi connectivity index (χ3n) is 3.63. The highest BCUT2D eigenvalue weighted by atomic mass is 35.5. The van der Waals surface area contributed by atoms with Gasteiger partial charge in [-0.05, 0) is 18.6 Å². The van der Waals surface area contributed by atoms with Gasteiger partial charge in [-0.2, -0.15) is 17.0 Å². The Morgan fingerprint density at radius 3 is 2.45 bits per heavy atom. The van der Waals surface area contributed by atoms with Crippen LogP contribution in [-0.2, 0) is 10.2 Å². The van der Waals surface area contributed by atoms with Crippen molar-refractivity contribution in [3.63, 3.8) is 0 Å². The molecular weight excluding hydrogens is 326 g/mol. The van der Waals surface area contributed by atoms with Crippen molar-refractivity contribution in [3.05, 3.63) is 34.9 Å². The molecular formula is C14H20ClN3O3S. The van der Waals surface area contributed by atoms with Crippen molar-refractivity contribution in [2.45, 2.75) is 6.42 Å². The Labute approximate surface area is 136 Å². The van der Waals surface area contributed by atoms with Gasteiger partial charge in [0, 0.05) is 40.3 Å². The van der Waals surface area contributed by atoms with Crippen LogP contribution in [0.5, 0.6) is 0 Å². The standard InChI is InChI=1S/C14H20ClN3O3S/c1-16(2)22(20,21)18-9-5-8-17(10-11-18)14(19)12-6-3-4-7-13(12)15/h3-4,6-7H,5,8-11H2,1-2H3. The highest BCUT2D eigenvalue weighted by Gasteiger charge is 2.28. The molecule has 0 N–H and O–H groups in total. The Kier molecular flexibility index (Phi) is 5.44. The minimum absolute atomic E-state index is 0.158. The Morgan fingerprint density at radius 2 is 1.82 bits per heavy atom. The molecule has 0 spiro atoms. The Morgan fingerprint density at radius 1 is 1.14 bits per heavy atom. The Hall–Kier alpha value is -1.15. The predicted octanol–water partition coefficient (Wildman–Crippen LogP) is 1.29. The fraction of sp³-hybridized carbons (Fsp3) is 0.500. The minimum Gasteiger partial charge on any atom is -0.337 e. The van der Waals surface area contributed by atoms with Gasteiger partial charge in [-0.1, -0.05) is 23.7 Å². The first-order valence-electron chi connectivity index (χ1n) is 7.05. The zero-order chi connectivity index (χ0) is 16.3. The van der Waals surface area contributed by atoms with E-state index in [0.29, 0.717) is 36.6 Å². The van der Waals surface area contributed by atoms with Crippen molar-refractivity contribution in [2.24, 2.45) is 0 Å². The molecule has 1 saturated heterocycles. The van der Waals surface area contributed by atoms with Crippen LogP contribution in [0.1, 0.15) is 16.8 Å². The van der Waals surface area contributed by atoms with Gasteiger partial charge < -0.3 is 4.90 Å². The second kappa shape index (κ2) is 6.95. The highest BCUT2D eigenvalue weighted by molar-refractivity contribution is 7.86. The van der Waals surface area contributed by atoms with Gasteiger partial charge in [0.15, 0.2) is 0 Å². The first-order chi connectivity index (χ1) is 10.3. The smallest absolute Gasteiger partial charge is 0.281 e. The number of hydrogen-bond donors (Lipinski definition) is 0. The van der Waals surface area contributed by atoms with Crippen LogP contribution < -0.4 is 0 Å². The summed E-state index contributed by atoms with van der Waals surface area (Å²) in [4.78, 5) is 14.2. The van der Waals surface area contributed by atoms with E-state index in [1.54, 1.807) is 29.2 Å². The fourth-order valence-electron chi connectivity index (χ4n) is 2.36. The minimum atomic E-state index is -3.44. The summed E-state index contributed by atoms with van der Waals surface area (Å²) >= 11 is 6.06. The van der Waals surface area contributed by atoms with Crippen molar-refractivity contribution >= 4 is 27.7 Å². The number of halogens is 1. The van der Waals surface area contributed by atoms with E-state index in [2.05, 4.69) is 0 Å². The van der Waals surface area contributed by atoms with E-state index in [9.17, 15) is 13.2 Å². The molecule has 0 aromatic heterocycles. The molecule has 0 unspecified atom stereocenters. The monoisotopic (exact) mass is 345 g/mol. The molecule has 1 amide bonds. The van der Waals surface area contributed by atoms with Crippen LogP contribution in [0.4, 0.5) is 0 Å². The van der Waals surface area contributed by atoms with Crippen molar-refractivity contribution < 1.29 is 13.2 Å². The number of carbonyl (C=O) groups excluding carboxylic acids is 1. The summed E-state index contributed by atoms with van der Waals surface area (Å²) in [6.45, 7) is 1.57. The lowest BCUT2D eigenvalue weighted by Crippen LogP contribution is -2.42. The number of carbonyl (C=O) groups is 1. The number of nitrogens with zero attached hydrogens (tertiary/aromatic N) is 3. The third-order valence-corrected chi connectivity index (χ3v) is 5.90. The molecule has 1 aliphatic rings. The summed E-state index contributed by atoms with van der Waals surface area (Å²) < 4.78 is 26.9. The average Bonchev–Trinajstić information content (AvgIpc) is 2.73. The zero-order valence-corrected chi connectivity index (χ0v) is 14.3. The summed E-state index contributed by atoms with van der Waals surface area (Å²) in [5.74, 6) is -0.158. The van der Waals surface area contributed by atoms with Gasteiger partial charge in [0.1, 0.15) is 0 Å². The number of rotatable bonds is 3. The maximum atomic E-state index is 12.5. The van der Waals surface area contributed by atoms with E-state index < -0.39 is 10.2 Å². The maximum absolute atomic E-state index is 12.5. The van der Waals surface area contributed by atoms with Crippen molar-refractivity contribution in [1.29, 1.82) is 0 Å². The van der Waals surface area contributed by atoms with Gasteiger partial charge in [0.25, 0.3) is 16.1 Å². The van der Waals surface area contributed by atoms with Gasteiger partial charge in [-0.3, -0.25) is 4.79 Å². The van der Waals surface area contributed by atoms with E-state index in [1.165, 1.54) is 22.7 Å². The van der Waals surface area contributed by atoms with Crippen LogP contribution >= 0.6 is 11.6 Å². The molecule has 1 fully saturated rings. The van der Waals surface area contributed by atoms with E-state index >= 15 is 0 Å². The molecule has 0 atom stereocenters. The molecule has 2 rings (SSSR count). The SMILES string of the molecule is CN(C)S(=O)(=O)N1CCCN(C(=O)c2ccccc2Cl)CC1. The topological polar surface area (TPSA) is 60.9 Å². The predicted molar refractivity (Wildman–Crippen MR) is 86.2 cm³/mol. The molecule has 0 radical (unpaired) electrons. The summed E-state index contributed by atoms with van der Waals surface area (Å²) in [6.07, 6.45) is 0.600. The molecule has 1 heterocycles. The fourth-order valence-corrected chi connectivity index (χ4v) is 3.71. The zero-order valence-electron chi connectivity index (χ0n) is 12.7. The lowest BCUT2D eigenvalue weighted by atomic mass is 10.2. The van der Waals surface area contributed by atoms with Gasteiger partial charge in [0.2, 0.25) is 0 Å². The number of benzene rings is 1. The second-order valence-electron chi connectivity index (χ2n) is 5.31. The molecule has 0 bridgehead atoms. The Bertz CT molecular complexity index is 648. The molecule has 122 valence electrons. The second-order valence-corrected chi connectivity index (χ2v) is 7.86. The highest BCUT2D eigenvalue weighted by Crippen LogP contribution is 2.19. The average molecular weight is 346 g/mol. The molecule has 1 aliphatic heterocycles. The lowest BCUT2D eigenvalue weighted by molar-refractivity contribution is 0.0764. The van der Waals surface area contributed by atoms with Crippen molar-refractivity contribution in [1.82, 2.24) is 13.5 Å². The van der Waals surface area contributed by atoms with Crippen LogP contribution in [0.2, 0.25) is 5.02 Å². The van der Waals surface area contributed by atoms with E-state index in [4.69, 9.17) is 11.6 Å². The van der Waals surface area contributed by atoms with Crippen LogP contribution in [0.15, 0.2) is 24.3 Å². The summed E-state index contributed by atoms with van der Waals surface area (Å²) in [6, 6.07) is 6.89. The largest absolute Gasteiger partial charge is 0.337 e. The van der Waals surface area contributed by atoms with Crippen LogP contribution in [-0.4, -0.2) is 68.1 Å². The number of hydrogen-bond acceptors (Lipinski definition) is 3. The van der Waals surface area contributed by atoms with Gasteiger partial charge >= 0.3 is 0 Å². The van der Waals surface area contributed by atoms with Crippen molar-refractivity contribution in [3.8, 4) is 0 Å². The summed E-state index contributed by atoms with van der Waals surface area (Å²) in [5, 5.41) is 0.412. The molecule has 6 nitrogen and oxygen atoms in total. The summed E-state index contributed by atoms with van der Waals surface area (Å²) in [5.41, 5.74) is 0.452. The van der Waals surface area contributed by atoms with E-state index in [0.717, 1.165) is 0 Å². The van der Waals surface area contributed by atoms with Crippen LogP contribution in [0, 0.1) is 0 Å². The molecule has 1 aromatic rings. The maximum Gasteiger partial charge on any atom is 0.281 e. The van der Waals surface area contributed by atoms with Crippen molar-refractivity contribution in [2.75, 3.05) is 40.3 Å². The molecule has 0 aliphatic carbocycles. The molecule has 0 saturated carbocycles. The molecule has 22 heavy (non-hydrogen) atoms. The quantitative estimate of drug-likeness (QED) is 0.829. The normalized spacial score (nSPS) is 17.5. The Balaban J connectivity index is 2.11. The van der Waals surface area contributed by atoms with Gasteiger partial charge in [-0.15, -0.1) is 0 Å². The van der Waals surface area contributed by atoms with Crippen LogP contribution in [0.3, 0.4) is 0 Å². The van der Waals surface area contributed by atoms with Crippen LogP contribution in [0.25, 0.3) is 0 Å². The first-order valence-corrected chi connectivity index (χ1v) is 8.83. The summed E-state index contributed by atoms with van der Waals surface area (Å²) in [7, 11) is -0.429. The van der Waals surface area contributed by atoms with E-state index in [1.807, 2.05) is 0 Å². The number of amides is 1. The molecule has 8 heteroatoms.